The molecule has 0 aliphatic carbocycles. The number of hydrogen-bond acceptors (Lipinski definition) is 5. The van der Waals surface area contributed by atoms with Crippen LogP contribution in [0.25, 0.3) is 22.3 Å². The van der Waals surface area contributed by atoms with Gasteiger partial charge < -0.3 is 16.0 Å². The third kappa shape index (κ3) is 7.35. The molecule has 0 aliphatic heterocycles. The number of para-hydroxylation sites is 1. The van der Waals surface area contributed by atoms with E-state index >= 15 is 0 Å². The first-order chi connectivity index (χ1) is 13.9. The van der Waals surface area contributed by atoms with E-state index in [1.807, 2.05) is 88.3 Å². The minimum Gasteiger partial charge on any atom is -0.383 e. The number of carbonyl (C=O) groups is 1. The Morgan fingerprint density at radius 3 is 2.45 bits per heavy atom. The number of nitrogen functional groups attached to an aromatic ring is 1. The van der Waals surface area contributed by atoms with E-state index in [9.17, 15) is 4.79 Å². The molecule has 0 radical (unpaired) electrons. The first-order valence-corrected chi connectivity index (χ1v) is 9.59. The largest absolute Gasteiger partial charge is 0.383 e. The van der Waals surface area contributed by atoms with Gasteiger partial charge in [-0.25, -0.2) is 9.97 Å². The van der Waals surface area contributed by atoms with E-state index in [0.29, 0.717) is 23.9 Å². The normalized spacial score (nSPS) is 9.72. The van der Waals surface area contributed by atoms with E-state index in [0.717, 1.165) is 16.5 Å². The monoisotopic (exact) mass is 393 g/mol. The van der Waals surface area contributed by atoms with Crippen LogP contribution in [0.2, 0.25) is 0 Å². The molecule has 0 saturated heterocycles. The van der Waals surface area contributed by atoms with Gasteiger partial charge in [0.2, 0.25) is 5.91 Å². The molecule has 1 amide bonds. The molecular formula is C23H31N5O. The zero-order chi connectivity index (χ0) is 21.8. The lowest BCUT2D eigenvalue weighted by Crippen LogP contribution is -2.27. The van der Waals surface area contributed by atoms with Crippen molar-refractivity contribution >= 4 is 28.3 Å². The number of likely N-dealkylation sites (N-methyl/N-ethyl adjacent to an activating group) is 1. The summed E-state index contributed by atoms with van der Waals surface area (Å²) < 4.78 is 0. The third-order valence-electron chi connectivity index (χ3n) is 3.50. The van der Waals surface area contributed by atoms with Crippen molar-refractivity contribution in [2.75, 3.05) is 31.7 Å². The molecule has 0 bridgehead atoms. The molecule has 0 atom stereocenters. The maximum absolute atomic E-state index is 11.9. The number of nitrogens with two attached hydrogens (primary N) is 1. The summed E-state index contributed by atoms with van der Waals surface area (Å²) in [7, 11) is 3.70. The van der Waals surface area contributed by atoms with E-state index in [4.69, 9.17) is 5.73 Å². The van der Waals surface area contributed by atoms with Crippen molar-refractivity contribution in [2.45, 2.75) is 20.8 Å². The predicted octanol–water partition coefficient (Wildman–Crippen LogP) is 4.60. The molecule has 1 heterocycles. The van der Waals surface area contributed by atoms with Crippen LogP contribution in [-0.4, -0.2) is 41.4 Å². The number of fused-ring (bicyclic) bond motifs is 1. The highest BCUT2D eigenvalue weighted by molar-refractivity contribution is 5.93. The Morgan fingerprint density at radius 2 is 1.79 bits per heavy atom. The zero-order valence-electron chi connectivity index (χ0n) is 17.9. The highest BCUT2D eigenvalue weighted by Crippen LogP contribution is 2.24. The molecule has 0 unspecified atom stereocenters. The molecule has 1 aromatic heterocycles. The Balaban J connectivity index is 0.000000771. The number of carbonyl (C=O) groups excluding carboxylic acids is 1. The third-order valence-corrected chi connectivity index (χ3v) is 3.50. The Morgan fingerprint density at radius 1 is 1.14 bits per heavy atom. The van der Waals surface area contributed by atoms with Crippen LogP contribution >= 0.6 is 0 Å². The summed E-state index contributed by atoms with van der Waals surface area (Å²) in [5, 5.41) is 3.70. The van der Waals surface area contributed by atoms with Crippen LogP contribution in [0.5, 0.6) is 0 Å². The average Bonchev–Trinajstić information content (AvgIpc) is 2.69. The molecule has 3 N–H and O–H groups in total. The first-order valence-electron chi connectivity index (χ1n) is 9.59. The second-order valence-electron chi connectivity index (χ2n) is 6.22. The Kier molecular flexibility index (Phi) is 10.1. The number of hydrogen-bond donors (Lipinski definition) is 2. The van der Waals surface area contributed by atoms with Crippen molar-refractivity contribution in [1.82, 2.24) is 14.9 Å². The molecule has 0 spiro atoms. The van der Waals surface area contributed by atoms with Crippen LogP contribution < -0.4 is 11.1 Å². The van der Waals surface area contributed by atoms with Gasteiger partial charge in [-0.05, 0) is 45.3 Å². The van der Waals surface area contributed by atoms with Crippen molar-refractivity contribution in [1.29, 1.82) is 0 Å². The number of amides is 1. The van der Waals surface area contributed by atoms with Crippen molar-refractivity contribution in [3.8, 4) is 11.4 Å². The number of nitrogens with zero attached hydrogens (tertiary/aromatic N) is 3. The molecule has 0 fully saturated rings. The summed E-state index contributed by atoms with van der Waals surface area (Å²) >= 11 is 0. The van der Waals surface area contributed by atoms with E-state index in [1.165, 1.54) is 0 Å². The van der Waals surface area contributed by atoms with Crippen LogP contribution in [0, 0.1) is 0 Å². The molecule has 6 heteroatoms. The maximum atomic E-state index is 11.9. The summed E-state index contributed by atoms with van der Waals surface area (Å²) in [4.78, 5) is 22.7. The van der Waals surface area contributed by atoms with Crippen LogP contribution in [0.3, 0.4) is 0 Å². The SMILES string of the molecule is C=CC.CC.CN(C)CC(=O)Nc1cccc(-c2nc(N)c3ccccc3n2)c1. The van der Waals surface area contributed by atoms with E-state index in [1.54, 1.807) is 6.08 Å². The van der Waals surface area contributed by atoms with Crippen molar-refractivity contribution in [2.24, 2.45) is 0 Å². The minimum atomic E-state index is -0.0731. The van der Waals surface area contributed by atoms with Gasteiger partial charge in [0.1, 0.15) is 5.82 Å². The fourth-order valence-corrected chi connectivity index (χ4v) is 2.45. The minimum absolute atomic E-state index is 0.0731. The molecule has 2 aromatic carbocycles. The van der Waals surface area contributed by atoms with E-state index in [-0.39, 0.29) is 5.91 Å². The van der Waals surface area contributed by atoms with Crippen LogP contribution in [-0.2, 0) is 4.79 Å². The van der Waals surface area contributed by atoms with Crippen LogP contribution in [0.4, 0.5) is 11.5 Å². The number of allylic oxidation sites excluding steroid dienone is 1. The summed E-state index contributed by atoms with van der Waals surface area (Å²) in [6.07, 6.45) is 1.75. The molecule has 0 aliphatic rings. The zero-order valence-corrected chi connectivity index (χ0v) is 17.9. The van der Waals surface area contributed by atoms with Crippen molar-refractivity contribution in [3.63, 3.8) is 0 Å². The molecule has 3 aromatic rings. The quantitative estimate of drug-likeness (QED) is 0.633. The van der Waals surface area contributed by atoms with Gasteiger partial charge in [0.15, 0.2) is 5.82 Å². The Bertz CT molecular complexity index is 937. The van der Waals surface area contributed by atoms with Gasteiger partial charge in [0.05, 0.1) is 12.1 Å². The Hall–Kier alpha value is -3.25. The summed E-state index contributed by atoms with van der Waals surface area (Å²) in [5.74, 6) is 0.906. The van der Waals surface area contributed by atoms with E-state index < -0.39 is 0 Å². The van der Waals surface area contributed by atoms with Gasteiger partial charge >= 0.3 is 0 Å². The maximum Gasteiger partial charge on any atom is 0.238 e. The average molecular weight is 394 g/mol. The summed E-state index contributed by atoms with van der Waals surface area (Å²) in [6, 6.07) is 15.0. The number of rotatable bonds is 4. The lowest BCUT2D eigenvalue weighted by Gasteiger charge is -2.11. The van der Waals surface area contributed by atoms with Crippen LogP contribution in [0.15, 0.2) is 61.2 Å². The summed E-state index contributed by atoms with van der Waals surface area (Å²) in [5.41, 5.74) is 8.34. The molecule has 3 rings (SSSR count). The highest BCUT2D eigenvalue weighted by Gasteiger charge is 2.09. The molecular weight excluding hydrogens is 362 g/mol. The smallest absolute Gasteiger partial charge is 0.238 e. The second kappa shape index (κ2) is 12.3. The first kappa shape index (κ1) is 23.8. The standard InChI is InChI=1S/C18H19N5O.C3H6.C2H6/c1-23(2)11-16(24)20-13-7-5-6-12(10-13)18-21-15-9-4-3-8-14(15)17(19)22-18;1-3-2;1-2/h3-10H,11H2,1-2H3,(H,20,24)(H2,19,21,22);3H,1H2,2H3;1-2H3. The lowest BCUT2D eigenvalue weighted by atomic mass is 10.1. The van der Waals surface area contributed by atoms with Gasteiger partial charge in [0, 0.05) is 16.6 Å². The fraction of sp³-hybridized carbons (Fsp3) is 0.261. The molecule has 154 valence electrons. The van der Waals surface area contributed by atoms with Gasteiger partial charge in [-0.1, -0.05) is 44.2 Å². The number of aromatic nitrogens is 2. The van der Waals surface area contributed by atoms with Gasteiger partial charge in [-0.3, -0.25) is 4.79 Å². The summed E-state index contributed by atoms with van der Waals surface area (Å²) in [6.45, 7) is 9.57. The molecule has 29 heavy (non-hydrogen) atoms. The van der Waals surface area contributed by atoms with Gasteiger partial charge in [0.25, 0.3) is 0 Å². The number of nitrogens with one attached hydrogen (secondary N) is 1. The highest BCUT2D eigenvalue weighted by atomic mass is 16.2. The predicted molar refractivity (Wildman–Crippen MR) is 124 cm³/mol. The van der Waals surface area contributed by atoms with E-state index in [2.05, 4.69) is 21.9 Å². The topological polar surface area (TPSA) is 84.1 Å². The lowest BCUT2D eigenvalue weighted by molar-refractivity contribution is -0.116. The van der Waals surface area contributed by atoms with Crippen LogP contribution in [0.1, 0.15) is 20.8 Å². The van der Waals surface area contributed by atoms with Gasteiger partial charge in [-0.15, -0.1) is 6.58 Å². The van der Waals surface area contributed by atoms with Gasteiger partial charge in [-0.2, -0.15) is 0 Å². The fourth-order valence-electron chi connectivity index (χ4n) is 2.45. The molecule has 6 nitrogen and oxygen atoms in total. The van der Waals surface area contributed by atoms with Crippen molar-refractivity contribution in [3.05, 3.63) is 61.2 Å². The van der Waals surface area contributed by atoms with Crippen molar-refractivity contribution < 1.29 is 4.79 Å². The number of benzene rings is 2. The Labute approximate surface area is 173 Å². The molecule has 0 saturated carbocycles. The number of anilines is 2. The second-order valence-corrected chi connectivity index (χ2v) is 6.22.